The van der Waals surface area contributed by atoms with Gasteiger partial charge >= 0.3 is 0 Å². The van der Waals surface area contributed by atoms with Crippen LogP contribution in [0, 0.1) is 5.92 Å². The van der Waals surface area contributed by atoms with Crippen molar-refractivity contribution in [3.8, 4) is 0 Å². The van der Waals surface area contributed by atoms with E-state index in [4.69, 9.17) is 0 Å². The minimum absolute atomic E-state index is 0.0266. The Labute approximate surface area is 110 Å². The van der Waals surface area contributed by atoms with E-state index < -0.39 is 5.91 Å². The molecule has 0 saturated heterocycles. The monoisotopic (exact) mass is 255 g/mol. The number of rotatable bonds is 10. The second kappa shape index (κ2) is 9.80. The van der Waals surface area contributed by atoms with Crippen molar-refractivity contribution >= 4 is 18.0 Å². The van der Waals surface area contributed by atoms with E-state index >= 15 is 0 Å². The van der Waals surface area contributed by atoms with Crippen molar-refractivity contribution < 1.29 is 14.4 Å². The van der Waals surface area contributed by atoms with E-state index in [1.165, 1.54) is 0 Å². The number of unbranched alkanes of at least 4 members (excludes halogenated alkanes) is 1. The van der Waals surface area contributed by atoms with E-state index in [1.54, 1.807) is 0 Å². The second-order valence-electron chi connectivity index (χ2n) is 4.73. The van der Waals surface area contributed by atoms with Crippen molar-refractivity contribution in [2.24, 2.45) is 5.92 Å². The zero-order valence-corrected chi connectivity index (χ0v) is 11.7. The van der Waals surface area contributed by atoms with Gasteiger partial charge in [0.15, 0.2) is 0 Å². The van der Waals surface area contributed by atoms with Gasteiger partial charge in [-0.25, -0.2) is 0 Å². The lowest BCUT2D eigenvalue weighted by molar-refractivity contribution is -0.141. The second-order valence-corrected chi connectivity index (χ2v) is 4.73. The highest BCUT2D eigenvalue weighted by Gasteiger charge is 2.24. The van der Waals surface area contributed by atoms with Gasteiger partial charge in [0.1, 0.15) is 6.29 Å². The lowest BCUT2D eigenvalue weighted by Gasteiger charge is -2.16. The van der Waals surface area contributed by atoms with E-state index in [2.05, 4.69) is 5.32 Å². The van der Waals surface area contributed by atoms with E-state index in [1.807, 2.05) is 20.8 Å². The van der Waals surface area contributed by atoms with Crippen LogP contribution in [0.4, 0.5) is 0 Å². The van der Waals surface area contributed by atoms with E-state index in [0.717, 1.165) is 19.1 Å². The number of Topliss-reactive ketones (excluding diaryl/α,β-unsaturated/α-hetero) is 1. The smallest absolute Gasteiger partial charge is 0.287 e. The Kier molecular flexibility index (Phi) is 9.15. The van der Waals surface area contributed by atoms with Gasteiger partial charge in [-0.1, -0.05) is 20.3 Å². The summed E-state index contributed by atoms with van der Waals surface area (Å²) in [5.74, 6) is -1.05. The van der Waals surface area contributed by atoms with Crippen molar-refractivity contribution in [1.29, 1.82) is 0 Å². The van der Waals surface area contributed by atoms with Crippen molar-refractivity contribution in [2.45, 2.75) is 65.3 Å². The molecule has 0 spiro atoms. The molecule has 104 valence electrons. The topological polar surface area (TPSA) is 63.2 Å². The molecule has 0 bridgehead atoms. The first-order valence-corrected chi connectivity index (χ1v) is 6.85. The van der Waals surface area contributed by atoms with Crippen LogP contribution in [-0.4, -0.2) is 24.0 Å². The molecule has 4 nitrogen and oxygen atoms in total. The zero-order valence-electron chi connectivity index (χ0n) is 11.7. The van der Waals surface area contributed by atoms with Crippen molar-refractivity contribution in [2.75, 3.05) is 0 Å². The summed E-state index contributed by atoms with van der Waals surface area (Å²) in [7, 11) is 0. The number of carbonyl (C=O) groups excluding carboxylic acids is 3. The van der Waals surface area contributed by atoms with Gasteiger partial charge in [-0.05, 0) is 32.6 Å². The minimum atomic E-state index is -0.478. The molecule has 0 aromatic carbocycles. The van der Waals surface area contributed by atoms with Gasteiger partial charge in [-0.15, -0.1) is 0 Å². The van der Waals surface area contributed by atoms with Crippen LogP contribution in [0.25, 0.3) is 0 Å². The predicted octanol–water partition coefficient (Wildman–Crippen LogP) is 2.26. The third kappa shape index (κ3) is 6.52. The number of hydrogen-bond acceptors (Lipinski definition) is 3. The Hall–Kier alpha value is -1.19. The zero-order chi connectivity index (χ0) is 14.0. The molecule has 0 aromatic heterocycles. The summed E-state index contributed by atoms with van der Waals surface area (Å²) >= 11 is 0. The highest BCUT2D eigenvalue weighted by Crippen LogP contribution is 2.16. The molecule has 0 fully saturated rings. The molecule has 1 N–H and O–H groups in total. The number of carbonyl (C=O) groups is 3. The molecular formula is C14H25NO3. The first kappa shape index (κ1) is 16.8. The van der Waals surface area contributed by atoms with Crippen LogP contribution in [0.15, 0.2) is 0 Å². The standard InChI is InChI=1S/C14H25NO3/c1-4-8-12(9-6-7-10-16)13(17)14(18)15-11(3)5-2/h10-12H,4-9H2,1-3H3,(H,15,18)/t11-,12+/m0/s1. The highest BCUT2D eigenvalue weighted by molar-refractivity contribution is 6.37. The van der Waals surface area contributed by atoms with Gasteiger partial charge in [0, 0.05) is 18.4 Å². The van der Waals surface area contributed by atoms with Gasteiger partial charge in [-0.2, -0.15) is 0 Å². The van der Waals surface area contributed by atoms with Crippen molar-refractivity contribution in [3.05, 3.63) is 0 Å². The molecule has 0 aliphatic carbocycles. The maximum absolute atomic E-state index is 12.0. The fourth-order valence-electron chi connectivity index (χ4n) is 1.78. The van der Waals surface area contributed by atoms with Crippen LogP contribution in [0.2, 0.25) is 0 Å². The average Bonchev–Trinajstić information content (AvgIpc) is 2.36. The fraction of sp³-hybridized carbons (Fsp3) is 0.786. The van der Waals surface area contributed by atoms with Crippen molar-refractivity contribution in [3.63, 3.8) is 0 Å². The largest absolute Gasteiger partial charge is 0.347 e. The summed E-state index contributed by atoms with van der Waals surface area (Å²) in [6.45, 7) is 5.84. The van der Waals surface area contributed by atoms with Crippen LogP contribution >= 0.6 is 0 Å². The molecule has 2 atom stereocenters. The Bertz CT molecular complexity index is 276. The number of nitrogens with one attached hydrogen (secondary N) is 1. The summed E-state index contributed by atoms with van der Waals surface area (Å²) in [5, 5.41) is 2.70. The van der Waals surface area contributed by atoms with Gasteiger partial charge in [0.05, 0.1) is 0 Å². The van der Waals surface area contributed by atoms with Crippen LogP contribution in [0.5, 0.6) is 0 Å². The van der Waals surface area contributed by atoms with E-state index in [0.29, 0.717) is 25.7 Å². The van der Waals surface area contributed by atoms with E-state index in [9.17, 15) is 14.4 Å². The van der Waals surface area contributed by atoms with E-state index in [-0.39, 0.29) is 17.7 Å². The van der Waals surface area contributed by atoms with Crippen LogP contribution in [0.1, 0.15) is 59.3 Å². The molecule has 0 rings (SSSR count). The summed E-state index contributed by atoms with van der Waals surface area (Å²) in [6.07, 6.45) is 5.01. The summed E-state index contributed by atoms with van der Waals surface area (Å²) in [4.78, 5) is 34.0. The number of hydrogen-bond donors (Lipinski definition) is 1. The molecule has 0 heterocycles. The molecule has 0 aliphatic heterocycles. The third-order valence-corrected chi connectivity index (χ3v) is 3.10. The molecule has 18 heavy (non-hydrogen) atoms. The van der Waals surface area contributed by atoms with Gasteiger partial charge < -0.3 is 10.1 Å². The fourth-order valence-corrected chi connectivity index (χ4v) is 1.78. The van der Waals surface area contributed by atoms with Crippen LogP contribution in [0.3, 0.4) is 0 Å². The average molecular weight is 255 g/mol. The Morgan fingerprint density at radius 2 is 1.89 bits per heavy atom. The molecule has 4 heteroatoms. The van der Waals surface area contributed by atoms with Gasteiger partial charge in [0.25, 0.3) is 5.91 Å². The normalized spacial score (nSPS) is 13.7. The highest BCUT2D eigenvalue weighted by atomic mass is 16.2. The van der Waals surface area contributed by atoms with Crippen LogP contribution < -0.4 is 5.32 Å². The molecular weight excluding hydrogens is 230 g/mol. The van der Waals surface area contributed by atoms with Gasteiger partial charge in [-0.3, -0.25) is 9.59 Å². The predicted molar refractivity (Wildman–Crippen MR) is 71.2 cm³/mol. The molecule has 0 unspecified atom stereocenters. The summed E-state index contributed by atoms with van der Waals surface area (Å²) < 4.78 is 0. The Morgan fingerprint density at radius 3 is 2.39 bits per heavy atom. The third-order valence-electron chi connectivity index (χ3n) is 3.10. The summed E-state index contributed by atoms with van der Waals surface area (Å²) in [5.41, 5.74) is 0. The quantitative estimate of drug-likeness (QED) is 0.370. The summed E-state index contributed by atoms with van der Waals surface area (Å²) in [6, 6.07) is 0.0266. The first-order chi connectivity index (χ1) is 8.56. The SMILES string of the molecule is CCC[C@H](CCCC=O)C(=O)C(=O)N[C@@H](C)CC. The molecule has 0 radical (unpaired) electrons. The number of aldehydes is 1. The van der Waals surface area contributed by atoms with Crippen molar-refractivity contribution in [1.82, 2.24) is 5.32 Å². The Balaban J connectivity index is 4.34. The molecule has 0 saturated carbocycles. The maximum Gasteiger partial charge on any atom is 0.287 e. The Morgan fingerprint density at radius 1 is 1.22 bits per heavy atom. The molecule has 1 amide bonds. The maximum atomic E-state index is 12.0. The number of ketones is 1. The first-order valence-electron chi connectivity index (χ1n) is 6.85. The minimum Gasteiger partial charge on any atom is -0.347 e. The molecule has 0 aromatic rings. The molecule has 0 aliphatic rings. The number of amides is 1. The van der Waals surface area contributed by atoms with Gasteiger partial charge in [0.2, 0.25) is 5.78 Å². The van der Waals surface area contributed by atoms with Crippen LogP contribution in [-0.2, 0) is 14.4 Å². The lowest BCUT2D eigenvalue weighted by Crippen LogP contribution is -2.40. The lowest BCUT2D eigenvalue weighted by atomic mass is 9.92.